The molecule has 1 atom stereocenters. The number of amides is 1. The van der Waals surface area contributed by atoms with Gasteiger partial charge in [0.25, 0.3) is 5.91 Å². The molecule has 0 bridgehead atoms. The topological polar surface area (TPSA) is 33.2 Å². The molecule has 3 nitrogen and oxygen atoms in total. The van der Waals surface area contributed by atoms with Crippen molar-refractivity contribution in [3.05, 3.63) is 58.6 Å². The summed E-state index contributed by atoms with van der Waals surface area (Å²) in [5.74, 6) is 1.99. The van der Waals surface area contributed by atoms with Crippen LogP contribution in [-0.2, 0) is 0 Å². The Balaban J connectivity index is 1.85. The smallest absolute Gasteiger partial charge is 0.254 e. The molecule has 0 radical (unpaired) electrons. The first-order valence-corrected chi connectivity index (χ1v) is 8.83. The molecule has 0 aliphatic carbocycles. The van der Waals surface area contributed by atoms with Crippen molar-refractivity contribution in [1.82, 2.24) is 9.88 Å². The molecule has 1 aromatic carbocycles. The lowest BCUT2D eigenvalue weighted by Gasteiger charge is -2.34. The van der Waals surface area contributed by atoms with Gasteiger partial charge >= 0.3 is 0 Å². The van der Waals surface area contributed by atoms with E-state index in [1.54, 1.807) is 23.6 Å². The van der Waals surface area contributed by atoms with Crippen molar-refractivity contribution in [1.29, 1.82) is 0 Å². The van der Waals surface area contributed by atoms with Crippen molar-refractivity contribution >= 4 is 35.1 Å². The molecule has 2 aromatic rings. The quantitative estimate of drug-likeness (QED) is 0.865. The maximum Gasteiger partial charge on any atom is 0.254 e. The first-order valence-electron chi connectivity index (χ1n) is 6.80. The third-order valence-electron chi connectivity index (χ3n) is 3.52. The van der Waals surface area contributed by atoms with Crippen molar-refractivity contribution in [2.45, 2.75) is 6.04 Å². The summed E-state index contributed by atoms with van der Waals surface area (Å²) in [6.45, 7) is 4.51. The Labute approximate surface area is 132 Å². The summed E-state index contributed by atoms with van der Waals surface area (Å²) in [5, 5.41) is 2.99. The van der Waals surface area contributed by atoms with Gasteiger partial charge in [0.05, 0.1) is 6.04 Å². The van der Waals surface area contributed by atoms with Crippen LogP contribution in [-0.4, -0.2) is 33.8 Å². The van der Waals surface area contributed by atoms with Gasteiger partial charge in [0.2, 0.25) is 0 Å². The Hall–Kier alpha value is -1.59. The number of thiazole rings is 1. The van der Waals surface area contributed by atoms with E-state index >= 15 is 0 Å². The third kappa shape index (κ3) is 3.04. The SMILES string of the molecule is C=Cc1ccc(C(=O)N2CCSCC2c2nccs2)cc1. The predicted octanol–water partition coefficient (Wildman–Crippen LogP) is 3.72. The minimum atomic E-state index is 0.0890. The average Bonchev–Trinajstić information content (AvgIpc) is 3.08. The first kappa shape index (κ1) is 14.4. The number of carbonyl (C=O) groups excluding carboxylic acids is 1. The molecule has 1 unspecified atom stereocenters. The molecule has 2 heterocycles. The van der Waals surface area contributed by atoms with Crippen molar-refractivity contribution in [3.8, 4) is 0 Å². The summed E-state index contributed by atoms with van der Waals surface area (Å²) in [6, 6.07) is 7.70. The summed E-state index contributed by atoms with van der Waals surface area (Å²) in [6.07, 6.45) is 3.59. The molecule has 1 fully saturated rings. The third-order valence-corrected chi connectivity index (χ3v) is 5.42. The number of benzene rings is 1. The first-order chi connectivity index (χ1) is 10.3. The molecule has 1 amide bonds. The van der Waals surface area contributed by atoms with Crippen LogP contribution in [0.5, 0.6) is 0 Å². The van der Waals surface area contributed by atoms with Crippen LogP contribution in [0.1, 0.15) is 27.0 Å². The lowest BCUT2D eigenvalue weighted by molar-refractivity contribution is 0.0701. The molecule has 0 N–H and O–H groups in total. The Morgan fingerprint density at radius 1 is 1.38 bits per heavy atom. The number of hydrogen-bond acceptors (Lipinski definition) is 4. The van der Waals surface area contributed by atoms with Gasteiger partial charge in [0, 0.05) is 35.2 Å². The van der Waals surface area contributed by atoms with Gasteiger partial charge in [-0.25, -0.2) is 4.98 Å². The molecule has 3 rings (SSSR count). The van der Waals surface area contributed by atoms with Gasteiger partial charge < -0.3 is 4.90 Å². The molecule has 5 heteroatoms. The van der Waals surface area contributed by atoms with Gasteiger partial charge in [-0.3, -0.25) is 4.79 Å². The van der Waals surface area contributed by atoms with E-state index in [2.05, 4.69) is 11.6 Å². The van der Waals surface area contributed by atoms with Crippen molar-refractivity contribution in [2.24, 2.45) is 0 Å². The summed E-state index contributed by atoms with van der Waals surface area (Å²) in [4.78, 5) is 19.1. The largest absolute Gasteiger partial charge is 0.328 e. The van der Waals surface area contributed by atoms with E-state index < -0.39 is 0 Å². The Kier molecular flexibility index (Phi) is 4.41. The van der Waals surface area contributed by atoms with Crippen LogP contribution in [0.25, 0.3) is 6.08 Å². The molecule has 1 aromatic heterocycles. The van der Waals surface area contributed by atoms with E-state index in [4.69, 9.17) is 0 Å². The minimum absolute atomic E-state index is 0.0890. The van der Waals surface area contributed by atoms with Gasteiger partial charge in [0.15, 0.2) is 0 Å². The van der Waals surface area contributed by atoms with Gasteiger partial charge in [-0.05, 0) is 17.7 Å². The van der Waals surface area contributed by atoms with Crippen LogP contribution in [0.2, 0.25) is 0 Å². The Morgan fingerprint density at radius 2 is 2.19 bits per heavy atom. The molecule has 1 aliphatic rings. The number of hydrogen-bond donors (Lipinski definition) is 0. The fourth-order valence-electron chi connectivity index (χ4n) is 2.38. The summed E-state index contributed by atoms with van der Waals surface area (Å²) in [5.41, 5.74) is 1.76. The predicted molar refractivity (Wildman–Crippen MR) is 89.7 cm³/mol. The summed E-state index contributed by atoms with van der Waals surface area (Å²) in [7, 11) is 0. The highest BCUT2D eigenvalue weighted by molar-refractivity contribution is 7.99. The summed E-state index contributed by atoms with van der Waals surface area (Å²) < 4.78 is 0. The van der Waals surface area contributed by atoms with Crippen molar-refractivity contribution in [3.63, 3.8) is 0 Å². The number of nitrogens with zero attached hydrogens (tertiary/aromatic N) is 2. The van der Waals surface area contributed by atoms with E-state index in [9.17, 15) is 4.79 Å². The van der Waals surface area contributed by atoms with E-state index in [1.807, 2.05) is 46.3 Å². The van der Waals surface area contributed by atoms with E-state index in [0.717, 1.165) is 34.2 Å². The van der Waals surface area contributed by atoms with Crippen molar-refractivity contribution in [2.75, 3.05) is 18.1 Å². The highest BCUT2D eigenvalue weighted by Crippen LogP contribution is 2.31. The normalized spacial score (nSPS) is 18.5. The summed E-state index contributed by atoms with van der Waals surface area (Å²) >= 11 is 3.50. The number of thioether (sulfide) groups is 1. The number of rotatable bonds is 3. The van der Waals surface area contributed by atoms with Gasteiger partial charge in [-0.2, -0.15) is 11.8 Å². The zero-order valence-corrected chi connectivity index (χ0v) is 13.2. The lowest BCUT2D eigenvalue weighted by atomic mass is 10.1. The molecule has 21 heavy (non-hydrogen) atoms. The van der Waals surface area contributed by atoms with Crippen LogP contribution in [0, 0.1) is 0 Å². The maximum atomic E-state index is 12.8. The van der Waals surface area contributed by atoms with Crippen LogP contribution < -0.4 is 0 Å². The maximum absolute atomic E-state index is 12.8. The molecule has 108 valence electrons. The standard InChI is InChI=1S/C16H16N2OS2/c1-2-12-3-5-13(6-4-12)16(19)18-8-10-20-11-14(18)15-17-7-9-21-15/h2-7,9,14H,1,8,10-11H2. The van der Waals surface area contributed by atoms with Crippen LogP contribution in [0.4, 0.5) is 0 Å². The second kappa shape index (κ2) is 6.45. The van der Waals surface area contributed by atoms with E-state index in [-0.39, 0.29) is 11.9 Å². The fraction of sp³-hybridized carbons (Fsp3) is 0.250. The average molecular weight is 316 g/mol. The molecule has 1 saturated heterocycles. The minimum Gasteiger partial charge on any atom is -0.328 e. The Morgan fingerprint density at radius 3 is 2.86 bits per heavy atom. The van der Waals surface area contributed by atoms with Gasteiger partial charge in [-0.15, -0.1) is 11.3 Å². The number of carbonyl (C=O) groups is 1. The van der Waals surface area contributed by atoms with Crippen LogP contribution in [0.3, 0.4) is 0 Å². The van der Waals surface area contributed by atoms with E-state index in [0.29, 0.717) is 0 Å². The highest BCUT2D eigenvalue weighted by Gasteiger charge is 2.30. The zero-order valence-electron chi connectivity index (χ0n) is 11.6. The molecule has 1 aliphatic heterocycles. The highest BCUT2D eigenvalue weighted by atomic mass is 32.2. The van der Waals surface area contributed by atoms with Crippen LogP contribution in [0.15, 0.2) is 42.4 Å². The Bertz CT molecular complexity index is 622. The van der Waals surface area contributed by atoms with Crippen molar-refractivity contribution < 1.29 is 4.79 Å². The molecule has 0 saturated carbocycles. The fourth-order valence-corrected chi connectivity index (χ4v) is 4.29. The molecular weight excluding hydrogens is 300 g/mol. The van der Waals surface area contributed by atoms with Crippen LogP contribution >= 0.6 is 23.1 Å². The molecule has 0 spiro atoms. The van der Waals surface area contributed by atoms with Gasteiger partial charge in [0.1, 0.15) is 5.01 Å². The van der Waals surface area contributed by atoms with Gasteiger partial charge in [-0.1, -0.05) is 24.8 Å². The zero-order chi connectivity index (χ0) is 14.7. The second-order valence-electron chi connectivity index (χ2n) is 4.79. The lowest BCUT2D eigenvalue weighted by Crippen LogP contribution is -2.40. The number of aromatic nitrogens is 1. The second-order valence-corrected chi connectivity index (χ2v) is 6.86. The molecular formula is C16H16N2OS2. The van der Waals surface area contributed by atoms with E-state index in [1.165, 1.54) is 0 Å². The monoisotopic (exact) mass is 316 g/mol.